The van der Waals surface area contributed by atoms with Gasteiger partial charge in [-0.3, -0.25) is 0 Å². The summed E-state index contributed by atoms with van der Waals surface area (Å²) in [6.07, 6.45) is 4.74. The van der Waals surface area contributed by atoms with Crippen LogP contribution in [0.15, 0.2) is 91.0 Å². The maximum atomic E-state index is 15.3. The van der Waals surface area contributed by atoms with Crippen LogP contribution < -0.4 is 10.6 Å². The number of aryl methyl sites for hydroxylation is 2. The van der Waals surface area contributed by atoms with Crippen molar-refractivity contribution in [1.29, 1.82) is 0 Å². The van der Waals surface area contributed by atoms with Gasteiger partial charge in [0.25, 0.3) is 0 Å². The zero-order valence-corrected chi connectivity index (χ0v) is 19.7. The fourth-order valence-corrected chi connectivity index (χ4v) is 9.74. The first kappa shape index (κ1) is 20.8. The molecule has 1 aliphatic carbocycles. The summed E-state index contributed by atoms with van der Waals surface area (Å²) in [5.41, 5.74) is 2.27. The average Bonchev–Trinajstić information content (AvgIpc) is 3.25. The molecule has 1 unspecified atom stereocenters. The first-order valence-electron chi connectivity index (χ1n) is 10.7. The summed E-state index contributed by atoms with van der Waals surface area (Å²) in [5, 5.41) is 2.49. The van der Waals surface area contributed by atoms with Gasteiger partial charge in [0.2, 0.25) is 0 Å². The van der Waals surface area contributed by atoms with Gasteiger partial charge in [0.1, 0.15) is 0 Å². The maximum absolute atomic E-state index is 15.3. The van der Waals surface area contributed by atoms with Gasteiger partial charge in [0.05, 0.1) is 5.66 Å². The molecule has 0 saturated carbocycles. The summed E-state index contributed by atoms with van der Waals surface area (Å²) in [4.78, 5) is 2.66. The molecule has 3 aromatic carbocycles. The SMILES string of the molecule is O=P(c1ccccc1)(c1ccccc1)C(c1ccc(Cl)cc1)c1cc2c(s1)CCCC2. The molecule has 1 heterocycles. The Morgan fingerprint density at radius 3 is 1.94 bits per heavy atom. The number of rotatable bonds is 5. The van der Waals surface area contributed by atoms with Crippen molar-refractivity contribution >= 4 is 40.7 Å². The van der Waals surface area contributed by atoms with Crippen molar-refractivity contribution in [3.8, 4) is 0 Å². The molecule has 156 valence electrons. The number of fused-ring (bicyclic) bond motifs is 1. The fraction of sp³-hybridized carbons (Fsp3) is 0.185. The van der Waals surface area contributed by atoms with E-state index in [0.29, 0.717) is 5.02 Å². The molecule has 1 aliphatic rings. The van der Waals surface area contributed by atoms with E-state index in [1.54, 1.807) is 0 Å². The van der Waals surface area contributed by atoms with Crippen molar-refractivity contribution in [2.45, 2.75) is 31.3 Å². The molecule has 0 saturated heterocycles. The normalized spacial score (nSPS) is 14.7. The van der Waals surface area contributed by atoms with E-state index in [9.17, 15) is 0 Å². The average molecular weight is 463 g/mol. The highest BCUT2D eigenvalue weighted by Gasteiger charge is 2.40. The quantitative estimate of drug-likeness (QED) is 0.283. The number of benzene rings is 3. The van der Waals surface area contributed by atoms with Crippen LogP contribution in [-0.2, 0) is 17.4 Å². The number of thiophene rings is 1. The third-order valence-corrected chi connectivity index (χ3v) is 11.3. The second-order valence-electron chi connectivity index (χ2n) is 8.09. The van der Waals surface area contributed by atoms with Crippen molar-refractivity contribution in [2.75, 3.05) is 0 Å². The van der Waals surface area contributed by atoms with E-state index >= 15 is 4.57 Å². The lowest BCUT2D eigenvalue weighted by atomic mass is 9.98. The molecule has 1 atom stereocenters. The van der Waals surface area contributed by atoms with Gasteiger partial charge in [-0.1, -0.05) is 84.4 Å². The van der Waals surface area contributed by atoms with Crippen LogP contribution in [0.2, 0.25) is 5.02 Å². The monoisotopic (exact) mass is 462 g/mol. The van der Waals surface area contributed by atoms with Crippen molar-refractivity contribution < 1.29 is 4.57 Å². The summed E-state index contributed by atoms with van der Waals surface area (Å²) >= 11 is 8.08. The first-order chi connectivity index (χ1) is 15.2. The summed E-state index contributed by atoms with van der Waals surface area (Å²) in [6, 6.07) is 30.3. The molecule has 0 spiro atoms. The molecule has 4 heteroatoms. The van der Waals surface area contributed by atoms with Crippen LogP contribution in [-0.4, -0.2) is 0 Å². The summed E-state index contributed by atoms with van der Waals surface area (Å²) < 4.78 is 15.3. The van der Waals surface area contributed by atoms with Crippen molar-refractivity contribution in [3.05, 3.63) is 117 Å². The van der Waals surface area contributed by atoms with E-state index in [1.807, 2.05) is 96.3 Å². The molecule has 0 aliphatic heterocycles. The Balaban J connectivity index is 1.78. The lowest BCUT2D eigenvalue weighted by Gasteiger charge is -2.29. The highest BCUT2D eigenvalue weighted by molar-refractivity contribution is 7.79. The van der Waals surface area contributed by atoms with Crippen molar-refractivity contribution in [1.82, 2.24) is 0 Å². The highest BCUT2D eigenvalue weighted by Crippen LogP contribution is 2.61. The van der Waals surface area contributed by atoms with Crippen molar-refractivity contribution in [2.24, 2.45) is 0 Å². The van der Waals surface area contributed by atoms with Gasteiger partial charge < -0.3 is 4.57 Å². The summed E-state index contributed by atoms with van der Waals surface area (Å²) in [6.45, 7) is 0. The van der Waals surface area contributed by atoms with Gasteiger partial charge >= 0.3 is 0 Å². The molecule has 0 radical (unpaired) electrons. The minimum atomic E-state index is -3.03. The molecular weight excluding hydrogens is 439 g/mol. The Hall–Kier alpha value is -2.12. The smallest absolute Gasteiger partial charge is 0.155 e. The second-order valence-corrected chi connectivity index (χ2v) is 12.6. The van der Waals surface area contributed by atoms with Gasteiger partial charge in [0, 0.05) is 25.4 Å². The Kier molecular flexibility index (Phi) is 5.89. The van der Waals surface area contributed by atoms with Crippen LogP contribution in [0.3, 0.4) is 0 Å². The lowest BCUT2D eigenvalue weighted by Crippen LogP contribution is -2.21. The predicted octanol–water partition coefficient (Wildman–Crippen LogP) is 7.38. The number of hydrogen-bond donors (Lipinski definition) is 0. The third kappa shape index (κ3) is 3.94. The van der Waals surface area contributed by atoms with Crippen molar-refractivity contribution in [3.63, 3.8) is 0 Å². The van der Waals surface area contributed by atoms with Gasteiger partial charge in [0.15, 0.2) is 7.14 Å². The largest absolute Gasteiger partial charge is 0.313 e. The first-order valence-corrected chi connectivity index (χ1v) is 13.7. The standard InChI is InChI=1S/C27H24ClOPS/c28-22-17-15-20(16-18-22)27(26-19-21-9-7-8-14-25(21)31-26)30(29,23-10-3-1-4-11-23)24-12-5-2-6-13-24/h1-6,10-13,15-19,27H,7-9,14H2. The molecule has 5 rings (SSSR count). The molecule has 0 N–H and O–H groups in total. The van der Waals surface area contributed by atoms with E-state index in [2.05, 4.69) is 6.07 Å². The number of hydrogen-bond acceptors (Lipinski definition) is 2. The molecule has 1 nitrogen and oxygen atoms in total. The Bertz CT molecular complexity index is 1150. The zero-order valence-electron chi connectivity index (χ0n) is 17.2. The molecule has 0 fully saturated rings. The van der Waals surface area contributed by atoms with Crippen LogP contribution in [0.1, 0.15) is 39.4 Å². The van der Waals surface area contributed by atoms with E-state index in [4.69, 9.17) is 11.6 Å². The molecule has 1 aromatic heterocycles. The summed E-state index contributed by atoms with van der Waals surface area (Å²) in [5.74, 6) is 0. The molecule has 0 amide bonds. The van der Waals surface area contributed by atoms with Gasteiger partial charge in [-0.15, -0.1) is 11.3 Å². The Labute approximate surface area is 193 Å². The number of halogens is 1. The lowest BCUT2D eigenvalue weighted by molar-refractivity contribution is 0.583. The molecule has 4 aromatic rings. The van der Waals surface area contributed by atoms with Crippen LogP contribution in [0.4, 0.5) is 0 Å². The predicted molar refractivity (Wildman–Crippen MR) is 134 cm³/mol. The second kappa shape index (κ2) is 8.79. The topological polar surface area (TPSA) is 17.1 Å². The van der Waals surface area contributed by atoms with E-state index in [-0.39, 0.29) is 5.66 Å². The summed E-state index contributed by atoms with van der Waals surface area (Å²) in [7, 11) is -3.03. The van der Waals surface area contributed by atoms with E-state index < -0.39 is 7.14 Å². The fourth-order valence-electron chi connectivity index (χ4n) is 4.59. The Morgan fingerprint density at radius 1 is 0.774 bits per heavy atom. The molecule has 0 bridgehead atoms. The molecular formula is C27H24ClOPS. The van der Waals surface area contributed by atoms with Gasteiger partial charge in [-0.25, -0.2) is 0 Å². The Morgan fingerprint density at radius 2 is 1.35 bits per heavy atom. The van der Waals surface area contributed by atoms with Crippen LogP contribution in [0.25, 0.3) is 0 Å². The van der Waals surface area contributed by atoms with Crippen LogP contribution >= 0.6 is 30.1 Å². The highest BCUT2D eigenvalue weighted by atomic mass is 35.5. The van der Waals surface area contributed by atoms with Gasteiger partial charge in [-0.2, -0.15) is 0 Å². The third-order valence-electron chi connectivity index (χ3n) is 6.11. The zero-order chi connectivity index (χ0) is 21.3. The maximum Gasteiger partial charge on any atom is 0.155 e. The van der Waals surface area contributed by atoms with E-state index in [0.717, 1.165) is 29.0 Å². The van der Waals surface area contributed by atoms with Crippen LogP contribution in [0, 0.1) is 0 Å². The van der Waals surface area contributed by atoms with Crippen LogP contribution in [0.5, 0.6) is 0 Å². The minimum Gasteiger partial charge on any atom is -0.313 e. The molecule has 31 heavy (non-hydrogen) atoms. The van der Waals surface area contributed by atoms with Gasteiger partial charge in [-0.05, 0) is 55.0 Å². The minimum absolute atomic E-state index is 0.231. The van der Waals surface area contributed by atoms with E-state index in [1.165, 1.54) is 28.2 Å².